The Morgan fingerprint density at radius 2 is 1.91 bits per heavy atom. The molecule has 0 atom stereocenters. The van der Waals surface area contributed by atoms with E-state index in [0.717, 1.165) is 18.4 Å². The molecule has 0 bridgehead atoms. The van der Waals surface area contributed by atoms with E-state index in [1.54, 1.807) is 12.1 Å². The van der Waals surface area contributed by atoms with Gasteiger partial charge in [-0.3, -0.25) is 9.69 Å². The fourth-order valence-corrected chi connectivity index (χ4v) is 4.34. The molecule has 3 nitrogen and oxygen atoms in total. The molecule has 1 aromatic rings. The van der Waals surface area contributed by atoms with Crippen molar-refractivity contribution in [2.24, 2.45) is 0 Å². The quantitative estimate of drug-likeness (QED) is 0.606. The molecule has 0 N–H and O–H groups in total. The number of hydrogen-bond acceptors (Lipinski definition) is 4. The maximum atomic E-state index is 12.6. The third kappa shape index (κ3) is 3.08. The summed E-state index contributed by atoms with van der Waals surface area (Å²) in [6, 6.07) is 9.58. The molecule has 2 fully saturated rings. The molecule has 0 spiro atoms. The number of nitriles is 1. The van der Waals surface area contributed by atoms with Crippen LogP contribution in [0, 0.1) is 11.3 Å². The van der Waals surface area contributed by atoms with E-state index >= 15 is 0 Å². The van der Waals surface area contributed by atoms with Gasteiger partial charge in [0.15, 0.2) is 0 Å². The van der Waals surface area contributed by atoms with Gasteiger partial charge in [0.25, 0.3) is 5.91 Å². The van der Waals surface area contributed by atoms with Gasteiger partial charge in [-0.1, -0.05) is 55.4 Å². The van der Waals surface area contributed by atoms with Crippen molar-refractivity contribution >= 4 is 40.3 Å². The highest BCUT2D eigenvalue weighted by Crippen LogP contribution is 2.37. The molecule has 0 radical (unpaired) electrons. The van der Waals surface area contributed by atoms with Gasteiger partial charge in [-0.2, -0.15) is 5.26 Å². The van der Waals surface area contributed by atoms with Crippen LogP contribution in [-0.2, 0) is 4.79 Å². The third-order valence-corrected chi connectivity index (χ3v) is 5.43. The third-order valence-electron chi connectivity index (χ3n) is 4.10. The summed E-state index contributed by atoms with van der Waals surface area (Å²) in [4.78, 5) is 15.1. The maximum Gasteiger partial charge on any atom is 0.266 e. The summed E-state index contributed by atoms with van der Waals surface area (Å²) < 4.78 is 0.678. The minimum Gasteiger partial charge on any atom is -0.290 e. The Balaban J connectivity index is 1.80. The summed E-state index contributed by atoms with van der Waals surface area (Å²) in [7, 11) is 0. The van der Waals surface area contributed by atoms with Crippen LogP contribution < -0.4 is 0 Å². The zero-order valence-corrected chi connectivity index (χ0v) is 13.8. The maximum absolute atomic E-state index is 12.6. The number of nitrogens with zero attached hydrogens (tertiary/aromatic N) is 2. The van der Waals surface area contributed by atoms with Crippen molar-refractivity contribution in [3.8, 4) is 6.07 Å². The average Bonchev–Trinajstić information content (AvgIpc) is 2.83. The lowest BCUT2D eigenvalue weighted by Crippen LogP contribution is -2.39. The van der Waals surface area contributed by atoms with Crippen LogP contribution in [0.25, 0.3) is 6.08 Å². The molecule has 5 heteroatoms. The zero-order valence-electron chi connectivity index (χ0n) is 12.1. The Kier molecular flexibility index (Phi) is 4.60. The van der Waals surface area contributed by atoms with Gasteiger partial charge in [-0.05, 0) is 36.6 Å². The van der Waals surface area contributed by atoms with Gasteiger partial charge >= 0.3 is 0 Å². The summed E-state index contributed by atoms with van der Waals surface area (Å²) >= 11 is 6.80. The first-order valence-electron chi connectivity index (χ1n) is 7.46. The molecular weight excluding hydrogens is 312 g/mol. The molecule has 1 aliphatic heterocycles. The molecule has 112 valence electrons. The minimum absolute atomic E-state index is 0.0336. The number of carbonyl (C=O) groups excluding carboxylic acids is 1. The van der Waals surface area contributed by atoms with E-state index in [0.29, 0.717) is 14.8 Å². The Hall–Kier alpha value is -1.64. The Bertz CT molecular complexity index is 667. The summed E-state index contributed by atoms with van der Waals surface area (Å²) in [5.41, 5.74) is 1.54. The largest absolute Gasteiger partial charge is 0.290 e. The highest BCUT2D eigenvalue weighted by atomic mass is 32.2. The van der Waals surface area contributed by atoms with Crippen LogP contribution in [0.5, 0.6) is 0 Å². The fourth-order valence-electron chi connectivity index (χ4n) is 2.94. The SMILES string of the molecule is N#Cc1ccc(/C=C2\SC(=S)N(C3CCCCC3)C2=O)cc1. The van der Waals surface area contributed by atoms with Crippen LogP contribution in [0.3, 0.4) is 0 Å². The predicted molar refractivity (Wildman–Crippen MR) is 93.0 cm³/mol. The highest BCUT2D eigenvalue weighted by Gasteiger charge is 2.37. The Morgan fingerprint density at radius 1 is 1.23 bits per heavy atom. The number of benzene rings is 1. The van der Waals surface area contributed by atoms with Crippen molar-refractivity contribution in [1.82, 2.24) is 4.90 Å². The topological polar surface area (TPSA) is 44.1 Å². The van der Waals surface area contributed by atoms with E-state index in [4.69, 9.17) is 17.5 Å². The number of thioether (sulfide) groups is 1. The van der Waals surface area contributed by atoms with Crippen molar-refractivity contribution in [1.29, 1.82) is 5.26 Å². The molecule has 22 heavy (non-hydrogen) atoms. The number of thiocarbonyl (C=S) groups is 1. The molecule has 1 aliphatic carbocycles. The van der Waals surface area contributed by atoms with Gasteiger partial charge in [0.2, 0.25) is 0 Å². The highest BCUT2D eigenvalue weighted by molar-refractivity contribution is 8.26. The normalized spacial score (nSPS) is 21.4. The van der Waals surface area contributed by atoms with Gasteiger partial charge in [0.05, 0.1) is 16.5 Å². The summed E-state index contributed by atoms with van der Waals surface area (Å²) in [5, 5.41) is 8.82. The van der Waals surface area contributed by atoms with Crippen LogP contribution in [-0.4, -0.2) is 21.2 Å². The van der Waals surface area contributed by atoms with E-state index in [1.165, 1.54) is 31.0 Å². The van der Waals surface area contributed by atoms with Gasteiger partial charge in [0, 0.05) is 6.04 Å². The molecular formula is C17H16N2OS2. The van der Waals surface area contributed by atoms with Crippen LogP contribution in [0.4, 0.5) is 0 Å². The lowest BCUT2D eigenvalue weighted by molar-refractivity contribution is -0.124. The van der Waals surface area contributed by atoms with Crippen LogP contribution >= 0.6 is 24.0 Å². The second-order valence-electron chi connectivity index (χ2n) is 5.58. The Labute approximate surface area is 140 Å². The summed E-state index contributed by atoms with van der Waals surface area (Å²) in [5.74, 6) is 0.0336. The monoisotopic (exact) mass is 328 g/mol. The van der Waals surface area contributed by atoms with Gasteiger partial charge in [0.1, 0.15) is 4.32 Å². The van der Waals surface area contributed by atoms with Crippen LogP contribution in [0.15, 0.2) is 29.2 Å². The standard InChI is InChI=1S/C17H16N2OS2/c18-11-13-8-6-12(7-9-13)10-15-16(20)19(17(21)22-15)14-4-2-1-3-5-14/h6-10,14H,1-5H2/b15-10-. The van der Waals surface area contributed by atoms with Gasteiger partial charge in [-0.15, -0.1) is 0 Å². The van der Waals surface area contributed by atoms with Crippen molar-refractivity contribution in [2.75, 3.05) is 0 Å². The van der Waals surface area contributed by atoms with Crippen molar-refractivity contribution in [3.63, 3.8) is 0 Å². The number of amides is 1. The molecule has 2 aliphatic rings. The molecule has 1 amide bonds. The first kappa shape index (κ1) is 15.3. The van der Waals surface area contributed by atoms with Crippen LogP contribution in [0.2, 0.25) is 0 Å². The summed E-state index contributed by atoms with van der Waals surface area (Å²) in [6.45, 7) is 0. The smallest absolute Gasteiger partial charge is 0.266 e. The first-order chi connectivity index (χ1) is 10.7. The lowest BCUT2D eigenvalue weighted by Gasteiger charge is -2.29. The fraction of sp³-hybridized carbons (Fsp3) is 0.353. The van der Waals surface area contributed by atoms with Gasteiger partial charge < -0.3 is 0 Å². The molecule has 1 heterocycles. The van der Waals surface area contributed by atoms with E-state index in [1.807, 2.05) is 23.1 Å². The molecule has 1 saturated carbocycles. The van der Waals surface area contributed by atoms with E-state index < -0.39 is 0 Å². The Morgan fingerprint density at radius 3 is 2.55 bits per heavy atom. The van der Waals surface area contributed by atoms with E-state index in [9.17, 15) is 4.79 Å². The van der Waals surface area contributed by atoms with Crippen molar-refractivity contribution in [2.45, 2.75) is 38.1 Å². The lowest BCUT2D eigenvalue weighted by atomic mass is 9.94. The second-order valence-corrected chi connectivity index (χ2v) is 7.25. The molecule has 0 unspecified atom stereocenters. The van der Waals surface area contributed by atoms with Crippen LogP contribution in [0.1, 0.15) is 43.2 Å². The minimum atomic E-state index is 0.0336. The molecule has 1 aromatic carbocycles. The summed E-state index contributed by atoms with van der Waals surface area (Å²) in [6.07, 6.45) is 7.58. The molecule has 3 rings (SSSR count). The van der Waals surface area contributed by atoms with E-state index in [-0.39, 0.29) is 11.9 Å². The second kappa shape index (κ2) is 6.64. The number of carbonyl (C=O) groups is 1. The van der Waals surface area contributed by atoms with Gasteiger partial charge in [-0.25, -0.2) is 0 Å². The average molecular weight is 328 g/mol. The molecule has 1 saturated heterocycles. The van der Waals surface area contributed by atoms with Crippen molar-refractivity contribution in [3.05, 3.63) is 40.3 Å². The number of hydrogen-bond donors (Lipinski definition) is 0. The van der Waals surface area contributed by atoms with E-state index in [2.05, 4.69) is 6.07 Å². The number of rotatable bonds is 2. The van der Waals surface area contributed by atoms with Crippen molar-refractivity contribution < 1.29 is 4.79 Å². The molecule has 0 aromatic heterocycles. The zero-order chi connectivity index (χ0) is 15.5. The first-order valence-corrected chi connectivity index (χ1v) is 8.69. The predicted octanol–water partition coefficient (Wildman–Crippen LogP) is 4.09.